The van der Waals surface area contributed by atoms with E-state index in [4.69, 9.17) is 9.15 Å². The second-order valence-electron chi connectivity index (χ2n) is 5.22. The molecule has 1 amide bonds. The lowest BCUT2D eigenvalue weighted by molar-refractivity contribution is -0.150. The molecule has 0 radical (unpaired) electrons. The van der Waals surface area contributed by atoms with Crippen molar-refractivity contribution in [2.75, 3.05) is 11.1 Å². The molecular weight excluding hydrogens is 340 g/mol. The highest BCUT2D eigenvalue weighted by Crippen LogP contribution is 2.23. The monoisotopic (exact) mass is 356 g/mol. The molecule has 0 aliphatic heterocycles. The van der Waals surface area contributed by atoms with Crippen LogP contribution in [0.25, 0.3) is 11.1 Å². The molecule has 3 aromatic rings. The quantitative estimate of drug-likeness (QED) is 0.538. The first kappa shape index (κ1) is 17.0. The second-order valence-corrected chi connectivity index (χ2v) is 6.15. The highest BCUT2D eigenvalue weighted by atomic mass is 32.2. The molecule has 0 unspecified atom stereocenters. The summed E-state index contributed by atoms with van der Waals surface area (Å²) in [7, 11) is 0. The zero-order valence-electron chi connectivity index (χ0n) is 13.5. The Labute approximate surface area is 148 Å². The molecule has 1 atom stereocenters. The van der Waals surface area contributed by atoms with E-state index in [0.717, 1.165) is 17.3 Å². The zero-order chi connectivity index (χ0) is 17.6. The maximum atomic E-state index is 12.0. The van der Waals surface area contributed by atoms with Crippen LogP contribution in [0.15, 0.2) is 64.2 Å². The summed E-state index contributed by atoms with van der Waals surface area (Å²) in [5.41, 5.74) is 2.04. The third-order valence-electron chi connectivity index (χ3n) is 3.31. The van der Waals surface area contributed by atoms with Gasteiger partial charge in [0.25, 0.3) is 11.1 Å². The summed E-state index contributed by atoms with van der Waals surface area (Å²) in [4.78, 5) is 28.2. The number of amides is 1. The maximum Gasteiger partial charge on any atom is 0.317 e. The van der Waals surface area contributed by atoms with Gasteiger partial charge in [0.1, 0.15) is 11.3 Å². The first-order valence-corrected chi connectivity index (χ1v) is 8.64. The minimum absolute atomic E-state index is 0.00970. The van der Waals surface area contributed by atoms with E-state index in [0.29, 0.717) is 16.5 Å². The van der Waals surface area contributed by atoms with Crippen molar-refractivity contribution in [3.8, 4) is 0 Å². The van der Waals surface area contributed by atoms with E-state index in [1.54, 1.807) is 18.2 Å². The number of esters is 1. The average molecular weight is 356 g/mol. The number of nitrogens with zero attached hydrogens (tertiary/aromatic N) is 1. The number of oxazole rings is 1. The largest absolute Gasteiger partial charge is 0.452 e. The number of carbonyl (C=O) groups is 2. The van der Waals surface area contributed by atoms with Crippen LogP contribution in [-0.2, 0) is 14.3 Å². The molecule has 0 aliphatic carbocycles. The Balaban J connectivity index is 1.49. The third-order valence-corrected chi connectivity index (χ3v) is 4.11. The number of benzene rings is 2. The Morgan fingerprint density at radius 2 is 1.88 bits per heavy atom. The van der Waals surface area contributed by atoms with Crippen molar-refractivity contribution >= 4 is 40.4 Å². The summed E-state index contributed by atoms with van der Waals surface area (Å²) in [5, 5.41) is 3.07. The molecule has 25 heavy (non-hydrogen) atoms. The molecule has 0 spiro atoms. The average Bonchev–Trinajstić information content (AvgIpc) is 3.04. The van der Waals surface area contributed by atoms with Gasteiger partial charge < -0.3 is 14.5 Å². The fourth-order valence-corrected chi connectivity index (χ4v) is 2.70. The number of hydrogen-bond acceptors (Lipinski definition) is 6. The molecule has 3 rings (SSSR count). The van der Waals surface area contributed by atoms with Crippen LogP contribution in [0.2, 0.25) is 0 Å². The molecule has 0 aliphatic rings. The van der Waals surface area contributed by atoms with Crippen molar-refractivity contribution in [2.45, 2.75) is 18.3 Å². The van der Waals surface area contributed by atoms with Crippen LogP contribution in [0.5, 0.6) is 0 Å². The highest BCUT2D eigenvalue weighted by Gasteiger charge is 2.18. The van der Waals surface area contributed by atoms with Gasteiger partial charge in [0.2, 0.25) is 0 Å². The minimum atomic E-state index is -0.892. The van der Waals surface area contributed by atoms with E-state index in [9.17, 15) is 9.59 Å². The highest BCUT2D eigenvalue weighted by molar-refractivity contribution is 7.99. The number of thioether (sulfide) groups is 1. The van der Waals surface area contributed by atoms with E-state index < -0.39 is 12.1 Å². The standard InChI is InChI=1S/C18H16N2O4S/c1-12(17(22)19-13-7-3-2-4-8-13)23-16(21)11-25-18-20-14-9-5-6-10-15(14)24-18/h2-10,12H,11H2,1H3,(H,19,22)/t12-/m1/s1. The van der Waals surface area contributed by atoms with Crippen molar-refractivity contribution < 1.29 is 18.7 Å². The summed E-state index contributed by atoms with van der Waals surface area (Å²) >= 11 is 1.13. The molecule has 6 nitrogen and oxygen atoms in total. The van der Waals surface area contributed by atoms with Gasteiger partial charge in [0.05, 0.1) is 0 Å². The Morgan fingerprint density at radius 3 is 2.64 bits per heavy atom. The molecule has 1 N–H and O–H groups in total. The normalized spacial score (nSPS) is 11.9. The lowest BCUT2D eigenvalue weighted by Gasteiger charge is -2.13. The van der Waals surface area contributed by atoms with Gasteiger partial charge in [-0.2, -0.15) is 0 Å². The number of para-hydroxylation sites is 3. The number of hydrogen-bond donors (Lipinski definition) is 1. The van der Waals surface area contributed by atoms with Gasteiger partial charge in [0, 0.05) is 5.69 Å². The van der Waals surface area contributed by atoms with Gasteiger partial charge in [-0.15, -0.1) is 0 Å². The fraction of sp³-hybridized carbons (Fsp3) is 0.167. The van der Waals surface area contributed by atoms with Crippen molar-refractivity contribution in [2.24, 2.45) is 0 Å². The van der Waals surface area contributed by atoms with Crippen LogP contribution in [0.4, 0.5) is 5.69 Å². The summed E-state index contributed by atoms with van der Waals surface area (Å²) in [5.74, 6) is -0.884. The van der Waals surface area contributed by atoms with Gasteiger partial charge in [0.15, 0.2) is 11.7 Å². The Kier molecular flexibility index (Phi) is 5.35. The Hall–Kier alpha value is -2.80. The van der Waals surface area contributed by atoms with E-state index in [2.05, 4.69) is 10.3 Å². The predicted octanol–water partition coefficient (Wildman–Crippen LogP) is 3.49. The van der Waals surface area contributed by atoms with E-state index in [1.807, 2.05) is 36.4 Å². The van der Waals surface area contributed by atoms with E-state index in [1.165, 1.54) is 6.92 Å². The van der Waals surface area contributed by atoms with Crippen molar-refractivity contribution in [3.05, 3.63) is 54.6 Å². The maximum absolute atomic E-state index is 12.0. The number of aromatic nitrogens is 1. The van der Waals surface area contributed by atoms with Gasteiger partial charge in [-0.1, -0.05) is 42.1 Å². The molecule has 128 valence electrons. The van der Waals surface area contributed by atoms with Crippen molar-refractivity contribution in [1.29, 1.82) is 0 Å². The number of anilines is 1. The number of fused-ring (bicyclic) bond motifs is 1. The number of nitrogens with one attached hydrogen (secondary N) is 1. The summed E-state index contributed by atoms with van der Waals surface area (Å²) in [6.45, 7) is 1.53. The van der Waals surface area contributed by atoms with Gasteiger partial charge in [-0.25, -0.2) is 4.98 Å². The molecule has 0 saturated carbocycles. The second kappa shape index (κ2) is 7.85. The number of rotatable bonds is 6. The summed E-state index contributed by atoms with van der Waals surface area (Å²) < 4.78 is 10.7. The van der Waals surface area contributed by atoms with E-state index in [-0.39, 0.29) is 11.7 Å². The molecule has 0 bridgehead atoms. The lowest BCUT2D eigenvalue weighted by atomic mass is 10.3. The number of ether oxygens (including phenoxy) is 1. The van der Waals surface area contributed by atoms with Crippen molar-refractivity contribution in [1.82, 2.24) is 4.98 Å². The molecule has 1 heterocycles. The minimum Gasteiger partial charge on any atom is -0.452 e. The third kappa shape index (κ3) is 4.60. The smallest absolute Gasteiger partial charge is 0.317 e. The fourth-order valence-electron chi connectivity index (χ4n) is 2.08. The zero-order valence-corrected chi connectivity index (χ0v) is 14.3. The molecular formula is C18H16N2O4S. The van der Waals surface area contributed by atoms with Crippen LogP contribution in [0.1, 0.15) is 6.92 Å². The van der Waals surface area contributed by atoms with Crippen molar-refractivity contribution in [3.63, 3.8) is 0 Å². The molecule has 1 aromatic heterocycles. The van der Waals surface area contributed by atoms with Crippen LogP contribution < -0.4 is 5.32 Å². The molecule has 2 aromatic carbocycles. The predicted molar refractivity (Wildman–Crippen MR) is 95.4 cm³/mol. The topological polar surface area (TPSA) is 81.4 Å². The molecule has 0 fully saturated rings. The molecule has 7 heteroatoms. The lowest BCUT2D eigenvalue weighted by Crippen LogP contribution is -2.30. The van der Waals surface area contributed by atoms with Crippen LogP contribution in [0.3, 0.4) is 0 Å². The van der Waals surface area contributed by atoms with Gasteiger partial charge >= 0.3 is 5.97 Å². The first-order chi connectivity index (χ1) is 12.1. The first-order valence-electron chi connectivity index (χ1n) is 7.65. The SMILES string of the molecule is C[C@@H](OC(=O)CSc1nc2ccccc2o1)C(=O)Nc1ccccc1. The molecule has 0 saturated heterocycles. The summed E-state index contributed by atoms with van der Waals surface area (Å²) in [6.07, 6.45) is -0.892. The van der Waals surface area contributed by atoms with Crippen LogP contribution >= 0.6 is 11.8 Å². The van der Waals surface area contributed by atoms with Gasteiger partial charge in [-0.3, -0.25) is 9.59 Å². The van der Waals surface area contributed by atoms with Gasteiger partial charge in [-0.05, 0) is 31.2 Å². The van der Waals surface area contributed by atoms with E-state index >= 15 is 0 Å². The van der Waals surface area contributed by atoms with Crippen LogP contribution in [-0.4, -0.2) is 28.7 Å². The number of carbonyl (C=O) groups excluding carboxylic acids is 2. The Morgan fingerprint density at radius 1 is 1.16 bits per heavy atom. The summed E-state index contributed by atoms with van der Waals surface area (Å²) in [6, 6.07) is 16.3. The van der Waals surface area contributed by atoms with Crippen LogP contribution in [0, 0.1) is 0 Å². The Bertz CT molecular complexity index is 846.